The zero-order chi connectivity index (χ0) is 26.7. The second-order valence-electron chi connectivity index (χ2n) is 8.90. The van der Waals surface area contributed by atoms with E-state index in [-0.39, 0.29) is 30.4 Å². The van der Waals surface area contributed by atoms with Gasteiger partial charge in [0.05, 0.1) is 38.2 Å². The molecule has 4 rings (SSSR count). The summed E-state index contributed by atoms with van der Waals surface area (Å²) in [5.74, 6) is -0.00639. The molecule has 3 aromatic carbocycles. The molecule has 0 fully saturated rings. The summed E-state index contributed by atoms with van der Waals surface area (Å²) in [4.78, 5) is 39.4. The normalized spacial score (nSPS) is 11.1. The maximum Gasteiger partial charge on any atom is 0.332 e. The Kier molecular flexibility index (Phi) is 7.42. The zero-order valence-electron chi connectivity index (χ0n) is 21.1. The Morgan fingerprint density at radius 1 is 0.919 bits per heavy atom. The molecular formula is C28H28FN3O5. The van der Waals surface area contributed by atoms with Crippen LogP contribution in [0, 0.1) is 5.82 Å². The van der Waals surface area contributed by atoms with Crippen LogP contribution in [-0.2, 0) is 13.1 Å². The van der Waals surface area contributed by atoms with Crippen LogP contribution in [0.15, 0.2) is 70.3 Å². The number of ether oxygens (including phenoxy) is 2. The molecule has 192 valence electrons. The molecule has 4 aromatic rings. The molecule has 1 heterocycles. The number of carbonyl (C=O) groups is 1. The van der Waals surface area contributed by atoms with E-state index in [9.17, 15) is 18.8 Å². The van der Waals surface area contributed by atoms with Crippen molar-refractivity contribution in [1.29, 1.82) is 0 Å². The smallest absolute Gasteiger partial charge is 0.332 e. The van der Waals surface area contributed by atoms with Crippen molar-refractivity contribution >= 4 is 16.8 Å². The van der Waals surface area contributed by atoms with Crippen LogP contribution < -0.4 is 26.0 Å². The second kappa shape index (κ2) is 10.7. The Labute approximate surface area is 212 Å². The number of fused-ring (bicyclic) bond motifs is 1. The van der Waals surface area contributed by atoms with E-state index in [0.717, 1.165) is 4.57 Å². The Morgan fingerprint density at radius 3 is 2.19 bits per heavy atom. The van der Waals surface area contributed by atoms with Crippen LogP contribution in [0.2, 0.25) is 0 Å². The van der Waals surface area contributed by atoms with E-state index in [1.807, 2.05) is 13.8 Å². The summed E-state index contributed by atoms with van der Waals surface area (Å²) in [5, 5.41) is 3.05. The highest BCUT2D eigenvalue weighted by atomic mass is 19.1. The third-order valence-corrected chi connectivity index (χ3v) is 5.99. The Balaban J connectivity index is 1.85. The van der Waals surface area contributed by atoms with Crippen LogP contribution in [0.4, 0.5) is 4.39 Å². The van der Waals surface area contributed by atoms with E-state index in [2.05, 4.69) is 5.32 Å². The van der Waals surface area contributed by atoms with Gasteiger partial charge in [-0.1, -0.05) is 30.3 Å². The number of hydrogen-bond acceptors (Lipinski definition) is 5. The van der Waals surface area contributed by atoms with Crippen molar-refractivity contribution in [3.8, 4) is 11.5 Å². The van der Waals surface area contributed by atoms with Crippen molar-refractivity contribution in [3.63, 3.8) is 0 Å². The van der Waals surface area contributed by atoms with Crippen LogP contribution in [0.3, 0.4) is 0 Å². The number of hydrogen-bond donors (Lipinski definition) is 1. The van der Waals surface area contributed by atoms with Gasteiger partial charge in [-0.05, 0) is 43.7 Å². The predicted molar refractivity (Wildman–Crippen MR) is 139 cm³/mol. The number of benzene rings is 3. The van der Waals surface area contributed by atoms with Gasteiger partial charge in [-0.2, -0.15) is 0 Å². The number of nitrogens with zero attached hydrogens (tertiary/aromatic N) is 2. The predicted octanol–water partition coefficient (Wildman–Crippen LogP) is 3.55. The molecule has 1 amide bonds. The topological polar surface area (TPSA) is 91.6 Å². The molecule has 0 unspecified atom stereocenters. The summed E-state index contributed by atoms with van der Waals surface area (Å²) < 4.78 is 27.7. The van der Waals surface area contributed by atoms with Crippen LogP contribution in [0.25, 0.3) is 10.9 Å². The van der Waals surface area contributed by atoms with Crippen molar-refractivity contribution in [3.05, 3.63) is 104 Å². The quantitative estimate of drug-likeness (QED) is 0.396. The monoisotopic (exact) mass is 505 g/mol. The van der Waals surface area contributed by atoms with E-state index in [4.69, 9.17) is 9.47 Å². The molecule has 0 atom stereocenters. The molecule has 0 radical (unpaired) electrons. The summed E-state index contributed by atoms with van der Waals surface area (Å²) in [6.45, 7) is 3.61. The van der Waals surface area contributed by atoms with Crippen molar-refractivity contribution < 1.29 is 18.7 Å². The van der Waals surface area contributed by atoms with Crippen LogP contribution in [0.5, 0.6) is 11.5 Å². The molecule has 8 nitrogen and oxygen atoms in total. The lowest BCUT2D eigenvalue weighted by Crippen LogP contribution is -2.40. The Bertz CT molecular complexity index is 1570. The van der Waals surface area contributed by atoms with E-state index in [1.165, 1.54) is 30.9 Å². The first kappa shape index (κ1) is 25.7. The molecule has 0 aliphatic heterocycles. The van der Waals surface area contributed by atoms with E-state index in [1.54, 1.807) is 48.5 Å². The fraction of sp³-hybridized carbons (Fsp3) is 0.250. The largest absolute Gasteiger partial charge is 0.493 e. The van der Waals surface area contributed by atoms with Gasteiger partial charge in [-0.25, -0.2) is 9.18 Å². The fourth-order valence-corrected chi connectivity index (χ4v) is 4.12. The molecule has 1 N–H and O–H groups in total. The Morgan fingerprint density at radius 2 is 1.57 bits per heavy atom. The van der Waals surface area contributed by atoms with E-state index in [0.29, 0.717) is 33.7 Å². The maximum absolute atomic E-state index is 14.5. The van der Waals surface area contributed by atoms with Gasteiger partial charge >= 0.3 is 5.69 Å². The molecule has 9 heteroatoms. The maximum atomic E-state index is 14.5. The summed E-state index contributed by atoms with van der Waals surface area (Å²) >= 11 is 0. The number of carbonyl (C=O) groups excluding carboxylic acids is 1. The molecule has 0 aliphatic carbocycles. The minimum atomic E-state index is -0.602. The van der Waals surface area contributed by atoms with E-state index >= 15 is 0 Å². The van der Waals surface area contributed by atoms with Crippen LogP contribution in [-0.4, -0.2) is 35.3 Å². The lowest BCUT2D eigenvalue weighted by molar-refractivity contribution is 0.0943. The average Bonchev–Trinajstić information content (AvgIpc) is 2.89. The Hall–Kier alpha value is -4.40. The zero-order valence-corrected chi connectivity index (χ0v) is 21.1. The third-order valence-electron chi connectivity index (χ3n) is 5.99. The number of methoxy groups -OCH3 is 2. The first-order valence-electron chi connectivity index (χ1n) is 11.8. The molecule has 0 aliphatic rings. The number of amides is 1. The lowest BCUT2D eigenvalue weighted by atomic mass is 10.1. The molecule has 37 heavy (non-hydrogen) atoms. The van der Waals surface area contributed by atoms with Gasteiger partial charge in [-0.15, -0.1) is 0 Å². The van der Waals surface area contributed by atoms with Gasteiger partial charge in [-0.3, -0.25) is 18.7 Å². The third kappa shape index (κ3) is 5.25. The minimum absolute atomic E-state index is 0.00751. The van der Waals surface area contributed by atoms with Crippen molar-refractivity contribution in [2.45, 2.75) is 33.0 Å². The van der Waals surface area contributed by atoms with Gasteiger partial charge in [0.25, 0.3) is 11.5 Å². The summed E-state index contributed by atoms with van der Waals surface area (Å²) in [6, 6.07) is 15.9. The molecule has 0 saturated heterocycles. The van der Waals surface area contributed by atoms with Gasteiger partial charge in [0.15, 0.2) is 11.5 Å². The van der Waals surface area contributed by atoms with E-state index < -0.39 is 17.1 Å². The number of nitrogens with one attached hydrogen (secondary N) is 1. The minimum Gasteiger partial charge on any atom is -0.493 e. The van der Waals surface area contributed by atoms with Gasteiger partial charge in [0.1, 0.15) is 5.82 Å². The highest BCUT2D eigenvalue weighted by Gasteiger charge is 2.18. The summed E-state index contributed by atoms with van der Waals surface area (Å²) in [7, 11) is 2.91. The molecule has 0 bridgehead atoms. The first-order valence-corrected chi connectivity index (χ1v) is 11.8. The van der Waals surface area contributed by atoms with Crippen molar-refractivity contribution in [2.24, 2.45) is 0 Å². The second-order valence-corrected chi connectivity index (χ2v) is 8.90. The number of aromatic nitrogens is 2. The van der Waals surface area contributed by atoms with Crippen molar-refractivity contribution in [1.82, 2.24) is 14.5 Å². The van der Waals surface area contributed by atoms with Crippen molar-refractivity contribution in [2.75, 3.05) is 14.2 Å². The molecule has 0 spiro atoms. The summed E-state index contributed by atoms with van der Waals surface area (Å²) in [6.07, 6.45) is 0. The van der Waals surface area contributed by atoms with Crippen LogP contribution >= 0.6 is 0 Å². The highest BCUT2D eigenvalue weighted by molar-refractivity contribution is 5.94. The standard InChI is InChI=1S/C28H28FN3O5/c1-17(2)30-26(33)19-11-9-18(10-12-19)15-32-27(34)21-13-24(36-3)25(37-4)14-23(21)31(28(32)35)16-20-7-5-6-8-22(20)29/h5-14,17H,15-16H2,1-4H3,(H,30,33). The number of rotatable bonds is 8. The van der Waals surface area contributed by atoms with Gasteiger partial charge in [0.2, 0.25) is 0 Å². The molecular weight excluding hydrogens is 477 g/mol. The highest BCUT2D eigenvalue weighted by Crippen LogP contribution is 2.30. The van der Waals surface area contributed by atoms with Gasteiger partial charge in [0, 0.05) is 23.2 Å². The fourth-order valence-electron chi connectivity index (χ4n) is 4.12. The lowest BCUT2D eigenvalue weighted by Gasteiger charge is -2.17. The SMILES string of the molecule is COc1cc2c(=O)n(Cc3ccc(C(=O)NC(C)C)cc3)c(=O)n(Cc3ccccc3F)c2cc1OC. The first-order chi connectivity index (χ1) is 17.7. The van der Waals surface area contributed by atoms with Gasteiger partial charge < -0.3 is 14.8 Å². The molecule has 1 aromatic heterocycles. The number of halogens is 1. The van der Waals surface area contributed by atoms with Crippen LogP contribution in [0.1, 0.15) is 35.3 Å². The molecule has 0 saturated carbocycles. The average molecular weight is 506 g/mol. The summed E-state index contributed by atoms with van der Waals surface area (Å²) in [5.41, 5.74) is 0.593.